The Hall–Kier alpha value is -3.68. The van der Waals surface area contributed by atoms with Crippen molar-refractivity contribution in [1.29, 1.82) is 0 Å². The lowest BCUT2D eigenvalue weighted by atomic mass is 9.79. The van der Waals surface area contributed by atoms with E-state index in [4.69, 9.17) is 33.8 Å². The van der Waals surface area contributed by atoms with Crippen molar-refractivity contribution in [1.82, 2.24) is 15.3 Å². The molecule has 1 aromatic heterocycles. The molecule has 0 unspecified atom stereocenters. The second kappa shape index (κ2) is 11.0. The van der Waals surface area contributed by atoms with Gasteiger partial charge >= 0.3 is 0 Å². The molecule has 1 fully saturated rings. The number of benzene rings is 3. The number of nitrogens with zero attached hydrogens (tertiary/aromatic N) is 4. The van der Waals surface area contributed by atoms with Gasteiger partial charge in [0.15, 0.2) is 5.11 Å². The smallest absolute Gasteiger partial charge is 0.232 e. The van der Waals surface area contributed by atoms with E-state index >= 15 is 0 Å². The van der Waals surface area contributed by atoms with Crippen LogP contribution in [0.3, 0.4) is 0 Å². The summed E-state index contributed by atoms with van der Waals surface area (Å²) >= 11 is 12.2. The van der Waals surface area contributed by atoms with Crippen molar-refractivity contribution in [2.45, 2.75) is 57.3 Å². The molecule has 2 N–H and O–H groups in total. The van der Waals surface area contributed by atoms with Gasteiger partial charge in [0.1, 0.15) is 11.6 Å². The molecule has 3 aliphatic rings. The second-order valence-corrected chi connectivity index (χ2v) is 12.3. The van der Waals surface area contributed by atoms with Gasteiger partial charge in [0, 0.05) is 49.2 Å². The zero-order valence-corrected chi connectivity index (χ0v) is 24.5. The number of aromatic nitrogens is 2. The van der Waals surface area contributed by atoms with Crippen molar-refractivity contribution >= 4 is 46.5 Å². The van der Waals surface area contributed by atoms with Crippen LogP contribution in [0.1, 0.15) is 53.5 Å². The largest absolute Gasteiger partial charge is 0.361 e. The molecule has 7 rings (SSSR count). The number of hydrogen-bond donors (Lipinski definition) is 2. The van der Waals surface area contributed by atoms with Gasteiger partial charge < -0.3 is 20.4 Å². The molecule has 0 amide bonds. The molecule has 4 aromatic rings. The van der Waals surface area contributed by atoms with Gasteiger partial charge in [-0.15, -0.1) is 0 Å². The molecule has 6 nitrogen and oxygen atoms in total. The topological polar surface area (TPSA) is 56.3 Å². The minimum atomic E-state index is 0.0210. The van der Waals surface area contributed by atoms with E-state index in [2.05, 4.69) is 87.2 Å². The van der Waals surface area contributed by atoms with Gasteiger partial charge in [-0.2, -0.15) is 9.97 Å². The zero-order chi connectivity index (χ0) is 27.8. The summed E-state index contributed by atoms with van der Waals surface area (Å²) in [5.41, 5.74) is 6.67. The van der Waals surface area contributed by atoms with E-state index in [0.717, 1.165) is 62.2 Å². The molecule has 0 saturated heterocycles. The molecule has 8 heteroatoms. The van der Waals surface area contributed by atoms with Crippen LogP contribution in [-0.4, -0.2) is 21.6 Å². The Labute approximate surface area is 251 Å². The summed E-state index contributed by atoms with van der Waals surface area (Å²) in [5.74, 6) is 2.32. The number of fused-ring (bicyclic) bond motifs is 2. The third-order valence-electron chi connectivity index (χ3n) is 8.84. The van der Waals surface area contributed by atoms with Gasteiger partial charge in [-0.25, -0.2) is 0 Å². The van der Waals surface area contributed by atoms with E-state index in [-0.39, 0.29) is 5.41 Å². The van der Waals surface area contributed by atoms with Crippen LogP contribution in [0.4, 0.5) is 17.6 Å². The summed E-state index contributed by atoms with van der Waals surface area (Å²) in [5, 5.41) is 8.16. The average molecular weight is 581 g/mol. The monoisotopic (exact) mass is 580 g/mol. The van der Waals surface area contributed by atoms with Gasteiger partial charge in [-0.05, 0) is 65.0 Å². The lowest BCUT2D eigenvalue weighted by Gasteiger charge is -2.31. The fourth-order valence-corrected chi connectivity index (χ4v) is 6.98. The number of rotatable bonds is 6. The van der Waals surface area contributed by atoms with E-state index < -0.39 is 0 Å². The third kappa shape index (κ3) is 5.36. The molecular formula is C33H33ClN6S. The number of hydrogen-bond acceptors (Lipinski definition) is 5. The van der Waals surface area contributed by atoms with E-state index in [1.165, 1.54) is 40.7 Å². The van der Waals surface area contributed by atoms with Crippen LogP contribution >= 0.6 is 23.8 Å². The molecule has 1 saturated carbocycles. The normalized spacial score (nSPS) is 16.9. The standard InChI is InChI=1S/C33H33ClN6S/c34-28-13-7-12-27(16-28)33(14-5-6-15-33)22-35-32(41)38-31-36-29(39-18-23-8-1-2-9-24(23)19-39)17-30(37-31)40-20-25-10-3-4-11-26(25)21-40/h1-4,7-13,16-17H,5-6,14-15,18-22H2,(H2,35,36,37,38,41). The second-order valence-electron chi connectivity index (χ2n) is 11.5. The first kappa shape index (κ1) is 26.2. The SMILES string of the molecule is S=C(NCC1(c2cccc(Cl)c2)CCCC1)Nc1nc(N2Cc3ccccc3C2)cc(N2Cc3ccccc3C2)n1. The molecule has 0 bridgehead atoms. The summed E-state index contributed by atoms with van der Waals surface area (Å²) in [6.45, 7) is 4.07. The van der Waals surface area contributed by atoms with Gasteiger partial charge in [-0.1, -0.05) is 85.1 Å². The maximum Gasteiger partial charge on any atom is 0.232 e. The lowest BCUT2D eigenvalue weighted by molar-refractivity contribution is 0.435. The molecule has 1 aliphatic carbocycles. The molecular weight excluding hydrogens is 548 g/mol. The van der Waals surface area contributed by atoms with E-state index in [1.54, 1.807) is 0 Å². The number of nitrogens with one attached hydrogen (secondary N) is 2. The van der Waals surface area contributed by atoms with Crippen LogP contribution in [0, 0.1) is 0 Å². The quantitative estimate of drug-likeness (QED) is 0.239. The van der Waals surface area contributed by atoms with Crippen LogP contribution in [0.2, 0.25) is 5.02 Å². The van der Waals surface area contributed by atoms with E-state index in [1.807, 2.05) is 12.1 Å². The van der Waals surface area contributed by atoms with Crippen molar-refractivity contribution in [3.05, 3.63) is 112 Å². The Morgan fingerprint density at radius 1 is 0.756 bits per heavy atom. The maximum absolute atomic E-state index is 6.37. The summed E-state index contributed by atoms with van der Waals surface area (Å²) in [6.07, 6.45) is 4.65. The van der Waals surface area contributed by atoms with Crippen molar-refractivity contribution in [3.8, 4) is 0 Å². The van der Waals surface area contributed by atoms with Crippen LogP contribution < -0.4 is 20.4 Å². The van der Waals surface area contributed by atoms with Crippen LogP contribution in [0.5, 0.6) is 0 Å². The molecule has 0 spiro atoms. The highest BCUT2D eigenvalue weighted by Crippen LogP contribution is 2.41. The third-order valence-corrected chi connectivity index (χ3v) is 9.32. The molecule has 0 atom stereocenters. The van der Waals surface area contributed by atoms with Crippen molar-refractivity contribution in [2.24, 2.45) is 0 Å². The van der Waals surface area contributed by atoms with Crippen LogP contribution in [-0.2, 0) is 31.6 Å². The number of halogens is 1. The number of anilines is 3. The Kier molecular flexibility index (Phi) is 7.01. The highest BCUT2D eigenvalue weighted by molar-refractivity contribution is 7.80. The fraction of sp³-hybridized carbons (Fsp3) is 0.303. The first-order valence-corrected chi connectivity index (χ1v) is 15.2. The molecule has 3 heterocycles. The summed E-state index contributed by atoms with van der Waals surface area (Å²) in [7, 11) is 0. The molecule has 41 heavy (non-hydrogen) atoms. The summed E-state index contributed by atoms with van der Waals surface area (Å²) < 4.78 is 0. The minimum Gasteiger partial charge on any atom is -0.361 e. The summed E-state index contributed by atoms with van der Waals surface area (Å²) in [4.78, 5) is 14.5. The van der Waals surface area contributed by atoms with Gasteiger partial charge in [0.2, 0.25) is 5.95 Å². The Bertz CT molecular complexity index is 1480. The Morgan fingerprint density at radius 2 is 1.29 bits per heavy atom. The van der Waals surface area contributed by atoms with Gasteiger partial charge in [0.05, 0.1) is 0 Å². The fourth-order valence-electron chi connectivity index (χ4n) is 6.63. The molecule has 3 aromatic carbocycles. The highest BCUT2D eigenvalue weighted by Gasteiger charge is 2.36. The van der Waals surface area contributed by atoms with Gasteiger partial charge in [-0.3, -0.25) is 0 Å². The lowest BCUT2D eigenvalue weighted by Crippen LogP contribution is -2.41. The molecule has 208 valence electrons. The maximum atomic E-state index is 6.37. The minimum absolute atomic E-state index is 0.0210. The zero-order valence-electron chi connectivity index (χ0n) is 22.9. The predicted octanol–water partition coefficient (Wildman–Crippen LogP) is 6.97. The van der Waals surface area contributed by atoms with E-state index in [0.29, 0.717) is 11.1 Å². The highest BCUT2D eigenvalue weighted by atomic mass is 35.5. The predicted molar refractivity (Wildman–Crippen MR) is 171 cm³/mol. The number of thiocarbonyl (C=S) groups is 1. The van der Waals surface area contributed by atoms with E-state index in [9.17, 15) is 0 Å². The first-order chi connectivity index (χ1) is 20.0. The first-order valence-electron chi connectivity index (χ1n) is 14.4. The van der Waals surface area contributed by atoms with Crippen molar-refractivity contribution < 1.29 is 0 Å². The van der Waals surface area contributed by atoms with Crippen molar-refractivity contribution in [2.75, 3.05) is 21.7 Å². The molecule has 0 radical (unpaired) electrons. The van der Waals surface area contributed by atoms with Crippen LogP contribution in [0.15, 0.2) is 78.9 Å². The average Bonchev–Trinajstić information content (AvgIpc) is 3.74. The van der Waals surface area contributed by atoms with Gasteiger partial charge in [0.25, 0.3) is 0 Å². The Balaban J connectivity index is 1.12. The molecule has 2 aliphatic heterocycles. The van der Waals surface area contributed by atoms with Crippen molar-refractivity contribution in [3.63, 3.8) is 0 Å². The van der Waals surface area contributed by atoms with Crippen LogP contribution in [0.25, 0.3) is 0 Å². The Morgan fingerprint density at radius 3 is 1.80 bits per heavy atom. The summed E-state index contributed by atoms with van der Waals surface area (Å²) in [6, 6.07) is 27.6.